The Morgan fingerprint density at radius 1 is 0.567 bits per heavy atom. The molecule has 2 heterocycles. The average molecular weight is 398 g/mol. The third kappa shape index (κ3) is 3.84. The molecule has 4 aromatic carbocycles. The van der Waals surface area contributed by atoms with Crippen molar-refractivity contribution in [2.24, 2.45) is 0 Å². The Kier molecular flexibility index (Phi) is 4.33. The number of benzene rings is 4. The van der Waals surface area contributed by atoms with Gasteiger partial charge in [-0.05, 0) is 69.1 Å². The van der Waals surface area contributed by atoms with E-state index >= 15 is 0 Å². The first-order chi connectivity index (χ1) is 14.8. The summed E-state index contributed by atoms with van der Waals surface area (Å²) in [4.78, 5) is 0. The molecular formula is C26H22O4. The van der Waals surface area contributed by atoms with E-state index in [1.54, 1.807) is 0 Å². The highest BCUT2D eigenvalue weighted by Crippen LogP contribution is 2.31. The quantitative estimate of drug-likeness (QED) is 0.401. The van der Waals surface area contributed by atoms with Crippen molar-refractivity contribution in [3.05, 3.63) is 72.8 Å². The summed E-state index contributed by atoms with van der Waals surface area (Å²) in [6.45, 7) is 2.88. The van der Waals surface area contributed by atoms with Gasteiger partial charge in [0.1, 0.15) is 36.9 Å². The Morgan fingerprint density at radius 2 is 0.967 bits per heavy atom. The first-order valence-corrected chi connectivity index (χ1v) is 10.4. The Balaban J connectivity index is 1.24. The zero-order valence-electron chi connectivity index (χ0n) is 16.5. The molecule has 0 aliphatic carbocycles. The van der Waals surface area contributed by atoms with Crippen LogP contribution in [-0.2, 0) is 9.47 Å². The van der Waals surface area contributed by atoms with Gasteiger partial charge >= 0.3 is 0 Å². The molecule has 4 heteroatoms. The minimum Gasteiger partial charge on any atom is -0.491 e. The van der Waals surface area contributed by atoms with Crippen LogP contribution in [0.25, 0.3) is 32.7 Å². The fourth-order valence-corrected chi connectivity index (χ4v) is 3.69. The molecule has 0 amide bonds. The molecule has 0 spiro atoms. The van der Waals surface area contributed by atoms with Gasteiger partial charge in [-0.15, -0.1) is 0 Å². The summed E-state index contributed by atoms with van der Waals surface area (Å²) in [5.74, 6) is 1.78. The van der Waals surface area contributed by atoms with Crippen molar-refractivity contribution < 1.29 is 18.9 Å². The van der Waals surface area contributed by atoms with Crippen molar-refractivity contribution >= 4 is 21.5 Å². The van der Waals surface area contributed by atoms with Gasteiger partial charge in [0, 0.05) is 0 Å². The molecule has 6 rings (SSSR count). The molecule has 0 saturated carbocycles. The summed E-state index contributed by atoms with van der Waals surface area (Å²) < 4.78 is 22.0. The molecule has 4 nitrogen and oxygen atoms in total. The van der Waals surface area contributed by atoms with Crippen LogP contribution in [0.4, 0.5) is 0 Å². The molecular weight excluding hydrogens is 376 g/mol. The van der Waals surface area contributed by atoms with Gasteiger partial charge in [-0.2, -0.15) is 0 Å². The van der Waals surface area contributed by atoms with Crippen LogP contribution in [0.15, 0.2) is 72.8 Å². The highest BCUT2D eigenvalue weighted by Gasteiger charge is 2.23. The van der Waals surface area contributed by atoms with Crippen LogP contribution in [0.2, 0.25) is 0 Å². The van der Waals surface area contributed by atoms with E-state index in [1.165, 1.54) is 32.7 Å². The molecule has 2 aliphatic rings. The van der Waals surface area contributed by atoms with Crippen LogP contribution in [0.1, 0.15) is 0 Å². The summed E-state index contributed by atoms with van der Waals surface area (Å²) in [5, 5.41) is 4.76. The molecule has 0 N–H and O–H groups in total. The molecule has 2 atom stereocenters. The van der Waals surface area contributed by atoms with Gasteiger partial charge in [0.15, 0.2) is 0 Å². The number of ether oxygens (including phenoxy) is 4. The second-order valence-corrected chi connectivity index (χ2v) is 7.98. The normalized spacial score (nSPS) is 19.7. The minimum atomic E-state index is 0.269. The third-order valence-corrected chi connectivity index (χ3v) is 5.63. The lowest BCUT2D eigenvalue weighted by molar-refractivity contribution is 0.263. The van der Waals surface area contributed by atoms with Crippen LogP contribution in [0.3, 0.4) is 0 Å². The Bertz CT molecular complexity index is 1130. The fourth-order valence-electron chi connectivity index (χ4n) is 3.69. The highest BCUT2D eigenvalue weighted by atomic mass is 16.6. The molecule has 2 aliphatic heterocycles. The van der Waals surface area contributed by atoms with E-state index in [0.29, 0.717) is 13.2 Å². The van der Waals surface area contributed by atoms with Gasteiger partial charge in [-0.25, -0.2) is 0 Å². The van der Waals surface area contributed by atoms with E-state index in [2.05, 4.69) is 60.7 Å². The smallest absolute Gasteiger partial charge is 0.120 e. The fraction of sp³-hybridized carbons (Fsp3) is 0.231. The minimum absolute atomic E-state index is 0.269. The molecule has 0 bridgehead atoms. The van der Waals surface area contributed by atoms with Gasteiger partial charge in [0.05, 0.1) is 13.2 Å². The van der Waals surface area contributed by atoms with Gasteiger partial charge in [-0.1, -0.05) is 36.4 Å². The number of epoxide rings is 2. The average Bonchev–Trinajstić information content (AvgIpc) is 3.70. The van der Waals surface area contributed by atoms with Gasteiger partial charge in [-0.3, -0.25) is 0 Å². The lowest BCUT2D eigenvalue weighted by atomic mass is 9.98. The molecule has 30 heavy (non-hydrogen) atoms. The van der Waals surface area contributed by atoms with E-state index in [4.69, 9.17) is 18.9 Å². The van der Waals surface area contributed by atoms with E-state index in [0.717, 1.165) is 24.7 Å². The third-order valence-electron chi connectivity index (χ3n) is 5.63. The Labute approximate surface area is 174 Å². The van der Waals surface area contributed by atoms with Gasteiger partial charge < -0.3 is 18.9 Å². The van der Waals surface area contributed by atoms with Crippen molar-refractivity contribution in [3.63, 3.8) is 0 Å². The summed E-state index contributed by atoms with van der Waals surface area (Å²) >= 11 is 0. The first kappa shape index (κ1) is 17.8. The lowest BCUT2D eigenvalue weighted by Gasteiger charge is -2.09. The van der Waals surface area contributed by atoms with Gasteiger partial charge in [0.25, 0.3) is 0 Å². The summed E-state index contributed by atoms with van der Waals surface area (Å²) in [6, 6.07) is 25.6. The SMILES string of the molecule is c1cc2cc(-c3ccc4cc(OCC5CO5)ccc4c3)ccc2cc1OCC1CO1. The van der Waals surface area contributed by atoms with Crippen LogP contribution < -0.4 is 9.47 Å². The maximum absolute atomic E-state index is 5.80. The molecule has 150 valence electrons. The second-order valence-electron chi connectivity index (χ2n) is 7.98. The maximum Gasteiger partial charge on any atom is 0.120 e. The van der Waals surface area contributed by atoms with E-state index in [9.17, 15) is 0 Å². The van der Waals surface area contributed by atoms with Crippen molar-refractivity contribution in [2.45, 2.75) is 12.2 Å². The largest absolute Gasteiger partial charge is 0.491 e. The first-order valence-electron chi connectivity index (χ1n) is 10.4. The zero-order valence-corrected chi connectivity index (χ0v) is 16.5. The predicted octanol–water partition coefficient (Wildman–Crippen LogP) is 5.22. The second kappa shape index (κ2) is 7.31. The molecule has 0 aromatic heterocycles. The number of hydrogen-bond acceptors (Lipinski definition) is 4. The Hall–Kier alpha value is -3.08. The van der Waals surface area contributed by atoms with Crippen LogP contribution in [0.5, 0.6) is 11.5 Å². The van der Waals surface area contributed by atoms with E-state index in [-0.39, 0.29) is 12.2 Å². The lowest BCUT2D eigenvalue weighted by Crippen LogP contribution is -2.03. The van der Waals surface area contributed by atoms with E-state index in [1.807, 2.05) is 12.1 Å². The maximum atomic E-state index is 5.80. The monoisotopic (exact) mass is 398 g/mol. The number of hydrogen-bond donors (Lipinski definition) is 0. The zero-order chi connectivity index (χ0) is 19.9. The predicted molar refractivity (Wildman–Crippen MR) is 117 cm³/mol. The molecule has 0 radical (unpaired) electrons. The van der Waals surface area contributed by atoms with E-state index < -0.39 is 0 Å². The van der Waals surface area contributed by atoms with Crippen molar-refractivity contribution in [3.8, 4) is 22.6 Å². The molecule has 4 aromatic rings. The summed E-state index contributed by atoms with van der Waals surface area (Å²) in [7, 11) is 0. The standard InChI is InChI=1S/C26H22O4/c1-3-21-11-23(27-13-25-15-29-25)7-5-19(21)9-17(1)18-2-4-22-12-24(8-6-20(22)10-18)28-14-26-16-30-26/h1-12,25-26H,13-16H2. The molecule has 2 fully saturated rings. The highest BCUT2D eigenvalue weighted by molar-refractivity contribution is 5.92. The van der Waals surface area contributed by atoms with Crippen molar-refractivity contribution in [1.82, 2.24) is 0 Å². The number of rotatable bonds is 7. The van der Waals surface area contributed by atoms with Crippen LogP contribution in [0, 0.1) is 0 Å². The topological polar surface area (TPSA) is 43.5 Å². The van der Waals surface area contributed by atoms with Crippen molar-refractivity contribution in [2.75, 3.05) is 26.4 Å². The molecule has 2 saturated heterocycles. The van der Waals surface area contributed by atoms with Crippen molar-refractivity contribution in [1.29, 1.82) is 0 Å². The van der Waals surface area contributed by atoms with Crippen LogP contribution in [-0.4, -0.2) is 38.6 Å². The Morgan fingerprint density at radius 3 is 1.40 bits per heavy atom. The summed E-state index contributed by atoms with van der Waals surface area (Å²) in [5.41, 5.74) is 2.41. The number of fused-ring (bicyclic) bond motifs is 2. The van der Waals surface area contributed by atoms with Crippen LogP contribution >= 0.6 is 0 Å². The molecule has 2 unspecified atom stereocenters. The summed E-state index contributed by atoms with van der Waals surface area (Å²) in [6.07, 6.45) is 0.539. The van der Waals surface area contributed by atoms with Gasteiger partial charge in [0.2, 0.25) is 0 Å².